The summed E-state index contributed by atoms with van der Waals surface area (Å²) in [7, 11) is 1.68. The van der Waals surface area contributed by atoms with Gasteiger partial charge < -0.3 is 14.2 Å². The summed E-state index contributed by atoms with van der Waals surface area (Å²) >= 11 is 12.4. The zero-order valence-corrected chi connectivity index (χ0v) is 21.0. The lowest BCUT2D eigenvalue weighted by Crippen LogP contribution is -2.47. The van der Waals surface area contributed by atoms with Crippen LogP contribution in [0.2, 0.25) is 10.0 Å². The monoisotopic (exact) mass is 487 g/mol. The number of Topliss-reactive ketones (excluding diaryl/α,β-unsaturated/α-hetero) is 1. The fourth-order valence-corrected chi connectivity index (χ4v) is 5.24. The van der Waals surface area contributed by atoms with Gasteiger partial charge in [0.25, 0.3) is 0 Å². The van der Waals surface area contributed by atoms with E-state index < -0.39 is 0 Å². The van der Waals surface area contributed by atoms with Gasteiger partial charge >= 0.3 is 0 Å². The zero-order valence-electron chi connectivity index (χ0n) is 19.5. The number of fused-ring (bicyclic) bond motifs is 1. The third-order valence-electron chi connectivity index (χ3n) is 6.41. The third kappa shape index (κ3) is 5.55. The maximum Gasteiger partial charge on any atom is 0.161 e. The number of nitrogens with zero attached hydrogens (tertiary/aromatic N) is 3. The van der Waals surface area contributed by atoms with E-state index in [1.165, 1.54) is 0 Å². The number of aromatic nitrogens is 1. The fraction of sp³-hybridized carbons (Fsp3) is 0.423. The molecule has 3 aromatic rings. The Kier molecular flexibility index (Phi) is 7.65. The van der Waals surface area contributed by atoms with Crippen molar-refractivity contribution in [1.29, 1.82) is 0 Å². The van der Waals surface area contributed by atoms with E-state index in [0.717, 1.165) is 78.6 Å². The number of piperazine rings is 1. The number of methoxy groups -OCH3 is 1. The van der Waals surface area contributed by atoms with E-state index in [0.29, 0.717) is 10.9 Å². The van der Waals surface area contributed by atoms with Crippen LogP contribution in [0.3, 0.4) is 0 Å². The Bertz CT molecular complexity index is 1140. The number of para-hydroxylation sites is 1. The van der Waals surface area contributed by atoms with E-state index in [-0.39, 0.29) is 5.78 Å². The SMILES string of the molecule is COc1cccc2c(C(C)=O)cn(CC(C)CN3CCN(Cc4ccc(Cl)cc4Cl)CC3)c12. The van der Waals surface area contributed by atoms with Gasteiger partial charge in [0.05, 0.1) is 12.6 Å². The van der Waals surface area contributed by atoms with E-state index in [9.17, 15) is 4.79 Å². The van der Waals surface area contributed by atoms with Crippen LogP contribution in [0.5, 0.6) is 5.75 Å². The molecular formula is C26H31Cl2N3O2. The van der Waals surface area contributed by atoms with Crippen molar-refractivity contribution in [2.45, 2.75) is 26.9 Å². The number of carbonyl (C=O) groups is 1. The van der Waals surface area contributed by atoms with Crippen molar-refractivity contribution in [3.05, 3.63) is 63.8 Å². The number of halogens is 2. The van der Waals surface area contributed by atoms with E-state index in [1.807, 2.05) is 42.6 Å². The summed E-state index contributed by atoms with van der Waals surface area (Å²) in [5.41, 5.74) is 2.88. The first-order chi connectivity index (χ1) is 15.9. The molecule has 7 heteroatoms. The van der Waals surface area contributed by atoms with Gasteiger partial charge in [0.15, 0.2) is 5.78 Å². The molecule has 1 aliphatic heterocycles. The average molecular weight is 488 g/mol. The fourth-order valence-electron chi connectivity index (χ4n) is 4.77. The molecule has 0 spiro atoms. The van der Waals surface area contributed by atoms with Crippen LogP contribution in [-0.2, 0) is 13.1 Å². The normalized spacial score (nSPS) is 16.3. The lowest BCUT2D eigenvalue weighted by Gasteiger charge is -2.36. The maximum absolute atomic E-state index is 12.2. The first-order valence-electron chi connectivity index (χ1n) is 11.4. The number of hydrogen-bond donors (Lipinski definition) is 0. The summed E-state index contributed by atoms with van der Waals surface area (Å²) in [4.78, 5) is 17.2. The number of hydrogen-bond acceptors (Lipinski definition) is 4. The molecule has 0 saturated carbocycles. The molecule has 0 aliphatic carbocycles. The quantitative estimate of drug-likeness (QED) is 0.386. The molecule has 0 radical (unpaired) electrons. The van der Waals surface area contributed by atoms with Gasteiger partial charge in [-0.3, -0.25) is 9.69 Å². The number of carbonyl (C=O) groups excluding carboxylic acids is 1. The summed E-state index contributed by atoms with van der Waals surface area (Å²) < 4.78 is 7.79. The average Bonchev–Trinajstić information content (AvgIpc) is 3.15. The molecule has 2 aromatic carbocycles. The van der Waals surface area contributed by atoms with Gasteiger partial charge in [-0.1, -0.05) is 48.3 Å². The predicted octanol–water partition coefficient (Wildman–Crippen LogP) is 5.61. The van der Waals surface area contributed by atoms with Crippen LogP contribution in [-0.4, -0.2) is 60.0 Å². The van der Waals surface area contributed by atoms with E-state index >= 15 is 0 Å². The van der Waals surface area contributed by atoms with Crippen molar-refractivity contribution in [3.8, 4) is 5.75 Å². The van der Waals surface area contributed by atoms with Gasteiger partial charge in [0.1, 0.15) is 5.75 Å². The molecule has 33 heavy (non-hydrogen) atoms. The molecule has 176 valence electrons. The number of ether oxygens (including phenoxy) is 1. The van der Waals surface area contributed by atoms with Gasteiger partial charge in [-0.25, -0.2) is 0 Å². The van der Waals surface area contributed by atoms with E-state index in [4.69, 9.17) is 27.9 Å². The molecule has 1 atom stereocenters. The van der Waals surface area contributed by atoms with Crippen molar-refractivity contribution < 1.29 is 9.53 Å². The van der Waals surface area contributed by atoms with Crippen LogP contribution in [0.1, 0.15) is 29.8 Å². The molecule has 5 nitrogen and oxygen atoms in total. The van der Waals surface area contributed by atoms with Crippen LogP contribution < -0.4 is 4.74 Å². The second kappa shape index (κ2) is 10.5. The minimum absolute atomic E-state index is 0.0802. The lowest BCUT2D eigenvalue weighted by molar-refractivity contribution is 0.101. The Morgan fingerprint density at radius 3 is 2.45 bits per heavy atom. The molecule has 1 fully saturated rings. The summed E-state index contributed by atoms with van der Waals surface area (Å²) in [6.45, 7) is 10.7. The molecule has 1 unspecified atom stereocenters. The minimum Gasteiger partial charge on any atom is -0.495 e. The smallest absolute Gasteiger partial charge is 0.161 e. The molecule has 0 N–H and O–H groups in total. The number of rotatable bonds is 8. The minimum atomic E-state index is 0.0802. The second-order valence-electron chi connectivity index (χ2n) is 9.03. The number of ketones is 1. The molecule has 0 amide bonds. The largest absolute Gasteiger partial charge is 0.495 e. The zero-order chi connectivity index (χ0) is 23.5. The van der Waals surface area contributed by atoms with Gasteiger partial charge in [-0.2, -0.15) is 0 Å². The Morgan fingerprint density at radius 1 is 1.06 bits per heavy atom. The van der Waals surface area contributed by atoms with Crippen molar-refractivity contribution in [2.75, 3.05) is 39.8 Å². The Hall–Kier alpha value is -2.05. The van der Waals surface area contributed by atoms with Crippen LogP contribution in [0, 0.1) is 5.92 Å². The Balaban J connectivity index is 1.37. The van der Waals surface area contributed by atoms with Gasteiger partial charge in [0, 0.05) is 73.0 Å². The lowest BCUT2D eigenvalue weighted by atomic mass is 10.1. The molecule has 1 saturated heterocycles. The van der Waals surface area contributed by atoms with Gasteiger partial charge in [-0.05, 0) is 36.6 Å². The van der Waals surface area contributed by atoms with Crippen LogP contribution in [0.4, 0.5) is 0 Å². The first kappa shape index (κ1) is 24.1. The number of benzene rings is 2. The van der Waals surface area contributed by atoms with Crippen molar-refractivity contribution in [1.82, 2.24) is 14.4 Å². The summed E-state index contributed by atoms with van der Waals surface area (Å²) in [5, 5.41) is 2.37. The second-order valence-corrected chi connectivity index (χ2v) is 9.87. The standard InChI is InChI=1S/C26H31Cl2N3O2/c1-18(15-31-17-23(19(2)32)22-5-4-6-25(33-3)26(22)31)14-29-9-11-30(12-10-29)16-20-7-8-21(27)13-24(20)28/h4-8,13,17-18H,9-12,14-16H2,1-3H3. The van der Waals surface area contributed by atoms with Crippen molar-refractivity contribution in [3.63, 3.8) is 0 Å². The molecule has 1 aromatic heterocycles. The van der Waals surface area contributed by atoms with E-state index in [2.05, 4.69) is 21.3 Å². The van der Waals surface area contributed by atoms with Crippen LogP contribution >= 0.6 is 23.2 Å². The molecule has 1 aliphatic rings. The summed E-state index contributed by atoms with van der Waals surface area (Å²) in [5.74, 6) is 1.32. The third-order valence-corrected chi connectivity index (χ3v) is 7.00. The highest BCUT2D eigenvalue weighted by Gasteiger charge is 2.21. The first-order valence-corrected chi connectivity index (χ1v) is 12.2. The summed E-state index contributed by atoms with van der Waals surface area (Å²) in [6, 6.07) is 11.6. The highest BCUT2D eigenvalue weighted by molar-refractivity contribution is 6.35. The maximum atomic E-state index is 12.2. The van der Waals surface area contributed by atoms with Crippen LogP contribution in [0.25, 0.3) is 10.9 Å². The topological polar surface area (TPSA) is 37.7 Å². The Labute approximate surface area is 205 Å². The predicted molar refractivity (Wildman–Crippen MR) is 136 cm³/mol. The molecule has 2 heterocycles. The van der Waals surface area contributed by atoms with Gasteiger partial charge in [0.2, 0.25) is 0 Å². The molecular weight excluding hydrogens is 457 g/mol. The van der Waals surface area contributed by atoms with E-state index in [1.54, 1.807) is 14.0 Å². The molecule has 4 rings (SSSR count). The summed E-state index contributed by atoms with van der Waals surface area (Å²) in [6.07, 6.45) is 1.99. The molecule has 0 bridgehead atoms. The van der Waals surface area contributed by atoms with Crippen molar-refractivity contribution in [2.24, 2.45) is 5.92 Å². The van der Waals surface area contributed by atoms with Gasteiger partial charge in [-0.15, -0.1) is 0 Å². The van der Waals surface area contributed by atoms with Crippen molar-refractivity contribution >= 4 is 39.9 Å². The highest BCUT2D eigenvalue weighted by Crippen LogP contribution is 2.31. The van der Waals surface area contributed by atoms with Crippen LogP contribution in [0.15, 0.2) is 42.6 Å². The highest BCUT2D eigenvalue weighted by atomic mass is 35.5. The Morgan fingerprint density at radius 2 is 1.79 bits per heavy atom.